The maximum absolute atomic E-state index is 13.0. The summed E-state index contributed by atoms with van der Waals surface area (Å²) in [6.07, 6.45) is 6.06. The average molecular weight is 673 g/mol. The van der Waals surface area contributed by atoms with Crippen molar-refractivity contribution in [2.45, 2.75) is 103 Å². The van der Waals surface area contributed by atoms with Crippen LogP contribution in [-0.4, -0.2) is 51.6 Å². The number of ether oxygens (including phenoxy) is 4. The minimum Gasteiger partial charge on any atom is -0.507 e. The van der Waals surface area contributed by atoms with Gasteiger partial charge in [0.15, 0.2) is 0 Å². The van der Waals surface area contributed by atoms with Gasteiger partial charge in [-0.05, 0) is 52.2 Å². The van der Waals surface area contributed by atoms with Gasteiger partial charge in [-0.3, -0.25) is 0 Å². The number of aromatic hydroxyl groups is 1. The molecule has 3 aromatic rings. The van der Waals surface area contributed by atoms with E-state index >= 15 is 0 Å². The lowest BCUT2D eigenvalue weighted by Gasteiger charge is -2.46. The molecule has 258 valence electrons. The quantitative estimate of drug-likeness (QED) is 0.129. The molecule has 0 amide bonds. The Morgan fingerprint density at radius 2 is 1.69 bits per heavy atom. The van der Waals surface area contributed by atoms with Gasteiger partial charge in [0, 0.05) is 24.5 Å². The van der Waals surface area contributed by atoms with Crippen LogP contribution >= 0.6 is 0 Å². The first-order chi connectivity index (χ1) is 23.0. The second-order valence-corrected chi connectivity index (χ2v) is 19.2. The summed E-state index contributed by atoms with van der Waals surface area (Å²) in [4.78, 5) is 13.0. The van der Waals surface area contributed by atoms with Crippen molar-refractivity contribution in [3.63, 3.8) is 0 Å². The number of methoxy groups -OCH3 is 1. The predicted molar refractivity (Wildman–Crippen MR) is 190 cm³/mol. The standard InChI is InChI=1S/C40H52O7Si/c1-7-8-11-16-30-23-29-24-33(41)36(38(42)43-6)37-35(29)34(46-30)25-40(47-37)27(2)28(26-44-40)21-22-45-48(39(3,4)5,31-17-12-9-13-18-31)32-19-14-10-15-20-32/h9-10,12-15,17-20,24,27-28,30,34,41H,7-8,11,16,21-23,25-26H2,1-6H3/t27-,28+,30+,34-,40-/m0/s1. The van der Waals surface area contributed by atoms with Gasteiger partial charge in [-0.15, -0.1) is 0 Å². The van der Waals surface area contributed by atoms with Gasteiger partial charge in [0.1, 0.15) is 17.1 Å². The number of hydrogen-bond acceptors (Lipinski definition) is 7. The maximum atomic E-state index is 13.0. The Balaban J connectivity index is 1.27. The van der Waals surface area contributed by atoms with Crippen LogP contribution < -0.4 is 15.1 Å². The fraction of sp³-hybridized carbons (Fsp3) is 0.525. The largest absolute Gasteiger partial charge is 0.507 e. The lowest BCUT2D eigenvalue weighted by atomic mass is 9.79. The molecule has 5 atom stereocenters. The summed E-state index contributed by atoms with van der Waals surface area (Å²) >= 11 is 0. The summed E-state index contributed by atoms with van der Waals surface area (Å²) in [5.41, 5.74) is 1.87. The number of carbonyl (C=O) groups is 1. The molecule has 0 radical (unpaired) electrons. The van der Waals surface area contributed by atoms with Crippen molar-refractivity contribution in [3.8, 4) is 11.5 Å². The van der Waals surface area contributed by atoms with E-state index in [1.807, 2.05) is 0 Å². The summed E-state index contributed by atoms with van der Waals surface area (Å²) in [7, 11) is -1.36. The molecule has 6 rings (SSSR count). The van der Waals surface area contributed by atoms with Gasteiger partial charge in [0.25, 0.3) is 8.32 Å². The topological polar surface area (TPSA) is 83.5 Å². The third-order valence-electron chi connectivity index (χ3n) is 10.9. The molecule has 7 nitrogen and oxygen atoms in total. The molecule has 1 saturated heterocycles. The van der Waals surface area contributed by atoms with E-state index in [1.165, 1.54) is 17.5 Å². The Bertz CT molecular complexity index is 1530. The van der Waals surface area contributed by atoms with Crippen LogP contribution in [0.4, 0.5) is 0 Å². The summed E-state index contributed by atoms with van der Waals surface area (Å²) in [6.45, 7) is 12.4. The summed E-state index contributed by atoms with van der Waals surface area (Å²) < 4.78 is 32.5. The number of phenols is 1. The lowest BCUT2D eigenvalue weighted by Crippen LogP contribution is -2.66. The summed E-state index contributed by atoms with van der Waals surface area (Å²) in [5.74, 6) is -1.27. The first-order valence-electron chi connectivity index (χ1n) is 17.7. The molecular formula is C40H52O7Si. The van der Waals surface area contributed by atoms with Crippen LogP contribution in [-0.2, 0) is 25.1 Å². The Morgan fingerprint density at radius 1 is 1.02 bits per heavy atom. The van der Waals surface area contributed by atoms with Crippen molar-refractivity contribution in [2.75, 3.05) is 20.3 Å². The van der Waals surface area contributed by atoms with Gasteiger partial charge >= 0.3 is 5.97 Å². The highest BCUT2D eigenvalue weighted by Crippen LogP contribution is 2.56. The third kappa shape index (κ3) is 6.21. The van der Waals surface area contributed by atoms with Crippen LogP contribution in [0.25, 0.3) is 0 Å². The van der Waals surface area contributed by atoms with E-state index in [9.17, 15) is 9.90 Å². The molecule has 1 spiro atoms. The molecule has 0 aromatic heterocycles. The van der Waals surface area contributed by atoms with Gasteiger partial charge in [0.05, 0.1) is 25.9 Å². The number of hydrogen-bond donors (Lipinski definition) is 1. The molecule has 48 heavy (non-hydrogen) atoms. The third-order valence-corrected chi connectivity index (χ3v) is 16.0. The van der Waals surface area contributed by atoms with Crippen molar-refractivity contribution in [1.82, 2.24) is 0 Å². The molecule has 3 aromatic carbocycles. The summed E-state index contributed by atoms with van der Waals surface area (Å²) in [5, 5.41) is 13.5. The van der Waals surface area contributed by atoms with E-state index in [-0.39, 0.29) is 40.4 Å². The van der Waals surface area contributed by atoms with Crippen LogP contribution in [0, 0.1) is 11.8 Å². The minimum absolute atomic E-state index is 0.0197. The molecule has 0 bridgehead atoms. The number of benzene rings is 3. The molecule has 3 aliphatic heterocycles. The second kappa shape index (κ2) is 14.0. The highest BCUT2D eigenvalue weighted by molar-refractivity contribution is 6.99. The number of unbranched alkanes of at least 4 members (excludes halogenated alkanes) is 2. The molecule has 1 N–H and O–H groups in total. The molecular weight excluding hydrogens is 621 g/mol. The number of esters is 1. The smallest absolute Gasteiger partial charge is 0.345 e. The molecule has 3 heterocycles. The Kier molecular flexibility index (Phi) is 10.1. The lowest BCUT2D eigenvalue weighted by molar-refractivity contribution is -0.214. The molecule has 0 unspecified atom stereocenters. The van der Waals surface area contributed by atoms with E-state index in [4.69, 9.17) is 23.4 Å². The molecule has 1 fully saturated rings. The average Bonchev–Trinajstić information content (AvgIpc) is 3.36. The summed E-state index contributed by atoms with van der Waals surface area (Å²) in [6, 6.07) is 23.1. The van der Waals surface area contributed by atoms with Crippen LogP contribution in [0.3, 0.4) is 0 Å². The Hall–Kier alpha value is -3.17. The molecule has 0 aliphatic carbocycles. The first kappa shape index (κ1) is 34.7. The van der Waals surface area contributed by atoms with Crippen molar-refractivity contribution >= 4 is 24.7 Å². The van der Waals surface area contributed by atoms with E-state index in [1.54, 1.807) is 6.07 Å². The highest BCUT2D eigenvalue weighted by atomic mass is 28.4. The Labute approximate surface area is 287 Å². The van der Waals surface area contributed by atoms with E-state index < -0.39 is 20.1 Å². The van der Waals surface area contributed by atoms with E-state index in [0.29, 0.717) is 31.8 Å². The van der Waals surface area contributed by atoms with Crippen LogP contribution in [0.1, 0.15) is 101 Å². The maximum Gasteiger partial charge on any atom is 0.345 e. The van der Waals surface area contributed by atoms with Gasteiger partial charge in [-0.25, -0.2) is 4.79 Å². The zero-order chi connectivity index (χ0) is 34.1. The second-order valence-electron chi connectivity index (χ2n) is 14.9. The monoisotopic (exact) mass is 672 g/mol. The molecule has 0 saturated carbocycles. The van der Waals surface area contributed by atoms with Crippen LogP contribution in [0.2, 0.25) is 5.04 Å². The number of rotatable bonds is 11. The van der Waals surface area contributed by atoms with Gasteiger partial charge in [0.2, 0.25) is 5.79 Å². The fourth-order valence-electron chi connectivity index (χ4n) is 8.36. The van der Waals surface area contributed by atoms with Crippen molar-refractivity contribution in [1.29, 1.82) is 0 Å². The van der Waals surface area contributed by atoms with Crippen molar-refractivity contribution in [3.05, 3.63) is 83.4 Å². The van der Waals surface area contributed by atoms with Gasteiger partial charge in [-0.2, -0.15) is 0 Å². The zero-order valence-electron chi connectivity index (χ0n) is 29.4. The number of carbonyl (C=O) groups excluding carboxylic acids is 1. The highest BCUT2D eigenvalue weighted by Gasteiger charge is 2.56. The van der Waals surface area contributed by atoms with Gasteiger partial charge < -0.3 is 28.5 Å². The SMILES string of the molecule is CCCCC[C@@H]1Cc2cc(O)c(C(=O)OC)c3c2[C@H](C[C@]2(OC[C@@H](CCO[Si](c4ccccc4)(c4ccccc4)C(C)(C)C)[C@@H]2C)O3)O1. The normalized spacial score (nSPS) is 25.0. The van der Waals surface area contributed by atoms with Crippen LogP contribution in [0.15, 0.2) is 66.7 Å². The van der Waals surface area contributed by atoms with Crippen molar-refractivity contribution < 1.29 is 33.3 Å². The molecule has 8 heteroatoms. The van der Waals surface area contributed by atoms with E-state index in [2.05, 4.69) is 95.3 Å². The zero-order valence-corrected chi connectivity index (χ0v) is 30.4. The fourth-order valence-corrected chi connectivity index (χ4v) is 12.9. The first-order valence-corrected chi connectivity index (χ1v) is 19.7. The Morgan fingerprint density at radius 3 is 2.29 bits per heavy atom. The minimum atomic E-state index is -2.68. The number of phenolic OH excluding ortho intramolecular Hbond substituents is 1. The van der Waals surface area contributed by atoms with Crippen molar-refractivity contribution in [2.24, 2.45) is 11.8 Å². The van der Waals surface area contributed by atoms with Gasteiger partial charge in [-0.1, -0.05) is 115 Å². The van der Waals surface area contributed by atoms with Crippen LogP contribution in [0.5, 0.6) is 11.5 Å². The predicted octanol–water partition coefficient (Wildman–Crippen LogP) is 7.47. The molecule has 3 aliphatic rings. The van der Waals surface area contributed by atoms with E-state index in [0.717, 1.165) is 43.2 Å².